The third-order valence-electron chi connectivity index (χ3n) is 4.12. The van der Waals surface area contributed by atoms with E-state index >= 15 is 0 Å². The van der Waals surface area contributed by atoms with Crippen molar-refractivity contribution in [2.75, 3.05) is 11.9 Å². The summed E-state index contributed by atoms with van der Waals surface area (Å²) in [6.45, 7) is 6.30. The van der Waals surface area contributed by atoms with Gasteiger partial charge < -0.3 is 5.32 Å². The van der Waals surface area contributed by atoms with Crippen LogP contribution in [0.2, 0.25) is 0 Å². The number of sulfonamides is 1. The lowest BCUT2D eigenvalue weighted by Gasteiger charge is -2.27. The molecule has 2 aromatic rings. The summed E-state index contributed by atoms with van der Waals surface area (Å²) in [7, 11) is -3.73. The molecule has 0 aliphatic carbocycles. The van der Waals surface area contributed by atoms with Crippen molar-refractivity contribution in [2.45, 2.75) is 44.0 Å². The van der Waals surface area contributed by atoms with Crippen molar-refractivity contribution in [3.05, 3.63) is 34.9 Å². The van der Waals surface area contributed by atoms with E-state index < -0.39 is 10.0 Å². The first-order valence-electron chi connectivity index (χ1n) is 8.00. The van der Waals surface area contributed by atoms with Crippen molar-refractivity contribution in [1.82, 2.24) is 14.5 Å². The summed E-state index contributed by atoms with van der Waals surface area (Å²) in [5.74, 6) is 0.0777. The summed E-state index contributed by atoms with van der Waals surface area (Å²) in [5, 5.41) is 10.1. The van der Waals surface area contributed by atoms with Gasteiger partial charge in [0.2, 0.25) is 15.4 Å². The van der Waals surface area contributed by atoms with Gasteiger partial charge in [0.15, 0.2) is 0 Å². The molecule has 1 aliphatic rings. The van der Waals surface area contributed by atoms with Crippen molar-refractivity contribution in [1.29, 1.82) is 0 Å². The predicted molar refractivity (Wildman–Crippen MR) is 96.0 cm³/mol. The number of carbonyl (C=O) groups excluding carboxylic acids is 1. The van der Waals surface area contributed by atoms with Crippen LogP contribution in [0.3, 0.4) is 0 Å². The number of amides is 1. The van der Waals surface area contributed by atoms with Gasteiger partial charge in [-0.3, -0.25) is 4.79 Å². The third kappa shape index (κ3) is 3.73. The quantitative estimate of drug-likeness (QED) is 0.822. The number of benzene rings is 1. The normalized spacial score (nSPS) is 15.2. The SMILES string of the molecule is CC(=O)Nc1nnc(S(=O)(=O)N2CCc3ccc(C(C)C)cc3C2)s1. The van der Waals surface area contributed by atoms with Gasteiger partial charge in [-0.2, -0.15) is 4.31 Å². The molecule has 25 heavy (non-hydrogen) atoms. The van der Waals surface area contributed by atoms with Gasteiger partial charge in [0, 0.05) is 20.0 Å². The highest BCUT2D eigenvalue weighted by atomic mass is 32.2. The molecule has 0 spiro atoms. The average molecular weight is 380 g/mol. The number of hydrogen-bond acceptors (Lipinski definition) is 6. The molecule has 134 valence electrons. The highest BCUT2D eigenvalue weighted by Gasteiger charge is 2.31. The summed E-state index contributed by atoms with van der Waals surface area (Å²) < 4.78 is 27.0. The number of nitrogens with zero attached hydrogens (tertiary/aromatic N) is 3. The molecule has 0 fully saturated rings. The number of carbonyl (C=O) groups is 1. The summed E-state index contributed by atoms with van der Waals surface area (Å²) in [6.07, 6.45) is 0.671. The van der Waals surface area contributed by atoms with Crippen LogP contribution < -0.4 is 5.32 Å². The van der Waals surface area contributed by atoms with Crippen LogP contribution in [0.15, 0.2) is 22.5 Å². The standard InChI is InChI=1S/C16H20N4O3S2/c1-10(2)13-5-4-12-6-7-20(9-14(12)8-13)25(22,23)16-19-18-15(24-16)17-11(3)21/h4-5,8,10H,6-7,9H2,1-3H3,(H,17,18,21). The molecule has 0 atom stereocenters. The molecule has 0 radical (unpaired) electrons. The Balaban J connectivity index is 1.85. The molecule has 3 rings (SSSR count). The first-order valence-corrected chi connectivity index (χ1v) is 10.3. The maximum Gasteiger partial charge on any atom is 0.272 e. The highest BCUT2D eigenvalue weighted by Crippen LogP contribution is 2.29. The number of anilines is 1. The smallest absolute Gasteiger partial charge is 0.272 e. The van der Waals surface area contributed by atoms with Crippen molar-refractivity contribution in [2.24, 2.45) is 0 Å². The fourth-order valence-corrected chi connectivity index (χ4v) is 5.24. The molecule has 0 saturated carbocycles. The van der Waals surface area contributed by atoms with Gasteiger partial charge in [-0.15, -0.1) is 10.2 Å². The van der Waals surface area contributed by atoms with Gasteiger partial charge in [-0.25, -0.2) is 8.42 Å². The van der Waals surface area contributed by atoms with E-state index in [4.69, 9.17) is 0 Å². The maximum absolute atomic E-state index is 12.8. The summed E-state index contributed by atoms with van der Waals surface area (Å²) >= 11 is 0.867. The van der Waals surface area contributed by atoms with Crippen LogP contribution in [0, 0.1) is 0 Å². The Bertz CT molecular complexity index is 906. The van der Waals surface area contributed by atoms with Crippen molar-refractivity contribution in [3.63, 3.8) is 0 Å². The van der Waals surface area contributed by atoms with E-state index in [0.717, 1.165) is 16.9 Å². The molecule has 1 aliphatic heterocycles. The molecule has 0 saturated heterocycles. The van der Waals surface area contributed by atoms with Crippen LogP contribution in [0.25, 0.3) is 0 Å². The Morgan fingerprint density at radius 3 is 2.72 bits per heavy atom. The first kappa shape index (κ1) is 18.0. The molecular formula is C16H20N4O3S2. The van der Waals surface area contributed by atoms with Crippen LogP contribution in [-0.4, -0.2) is 35.4 Å². The number of hydrogen-bond donors (Lipinski definition) is 1. The lowest BCUT2D eigenvalue weighted by atomic mass is 9.94. The minimum absolute atomic E-state index is 0.0975. The van der Waals surface area contributed by atoms with Gasteiger partial charge in [0.25, 0.3) is 10.0 Å². The van der Waals surface area contributed by atoms with Crippen LogP contribution in [0.5, 0.6) is 0 Å². The van der Waals surface area contributed by atoms with E-state index in [-0.39, 0.29) is 15.4 Å². The number of fused-ring (bicyclic) bond motifs is 1. The molecule has 1 aromatic heterocycles. The average Bonchev–Trinajstić information content (AvgIpc) is 3.02. The highest BCUT2D eigenvalue weighted by molar-refractivity contribution is 7.91. The van der Waals surface area contributed by atoms with E-state index in [2.05, 4.69) is 47.6 Å². The maximum atomic E-state index is 12.8. The Labute approximate surface area is 151 Å². The van der Waals surface area contributed by atoms with E-state index in [0.29, 0.717) is 25.4 Å². The predicted octanol–water partition coefficient (Wildman–Crippen LogP) is 2.37. The Morgan fingerprint density at radius 1 is 1.28 bits per heavy atom. The number of aromatic nitrogens is 2. The van der Waals surface area contributed by atoms with Crippen molar-refractivity contribution < 1.29 is 13.2 Å². The molecular weight excluding hydrogens is 360 g/mol. The Kier molecular flexibility index (Phi) is 4.90. The van der Waals surface area contributed by atoms with E-state index in [1.807, 2.05) is 0 Å². The molecule has 7 nitrogen and oxygen atoms in total. The van der Waals surface area contributed by atoms with Crippen molar-refractivity contribution >= 4 is 32.4 Å². The molecule has 2 heterocycles. The molecule has 1 amide bonds. The largest absolute Gasteiger partial charge is 0.301 e. The summed E-state index contributed by atoms with van der Waals surface area (Å²) in [5.41, 5.74) is 3.42. The second-order valence-electron chi connectivity index (χ2n) is 6.33. The van der Waals surface area contributed by atoms with E-state index in [1.165, 1.54) is 22.4 Å². The van der Waals surface area contributed by atoms with E-state index in [9.17, 15) is 13.2 Å². The molecule has 1 aromatic carbocycles. The zero-order valence-corrected chi connectivity index (χ0v) is 15.9. The van der Waals surface area contributed by atoms with E-state index in [1.54, 1.807) is 0 Å². The second-order valence-corrected chi connectivity index (χ2v) is 9.41. The summed E-state index contributed by atoms with van der Waals surface area (Å²) in [4.78, 5) is 11.1. The van der Waals surface area contributed by atoms with Crippen molar-refractivity contribution in [3.8, 4) is 0 Å². The zero-order valence-electron chi connectivity index (χ0n) is 14.3. The van der Waals surface area contributed by atoms with Gasteiger partial charge >= 0.3 is 0 Å². The first-order chi connectivity index (χ1) is 11.8. The monoisotopic (exact) mass is 380 g/mol. The number of nitrogens with one attached hydrogen (secondary N) is 1. The lowest BCUT2D eigenvalue weighted by Crippen LogP contribution is -2.36. The fraction of sp³-hybridized carbons (Fsp3) is 0.438. The zero-order chi connectivity index (χ0) is 18.2. The van der Waals surface area contributed by atoms with Crippen LogP contribution >= 0.6 is 11.3 Å². The number of rotatable bonds is 4. The van der Waals surface area contributed by atoms with Crippen LogP contribution in [0.1, 0.15) is 43.4 Å². The third-order valence-corrected chi connectivity index (χ3v) is 7.15. The minimum atomic E-state index is -3.73. The molecule has 1 N–H and O–H groups in total. The Hall–Kier alpha value is -1.84. The fourth-order valence-electron chi connectivity index (χ4n) is 2.74. The van der Waals surface area contributed by atoms with Gasteiger partial charge in [-0.05, 0) is 29.0 Å². The molecule has 0 bridgehead atoms. The lowest BCUT2D eigenvalue weighted by molar-refractivity contribution is -0.114. The topological polar surface area (TPSA) is 92.3 Å². The second kappa shape index (κ2) is 6.81. The molecule has 0 unspecified atom stereocenters. The van der Waals surface area contributed by atoms with Gasteiger partial charge in [-0.1, -0.05) is 43.4 Å². The van der Waals surface area contributed by atoms with Gasteiger partial charge in [0.1, 0.15) is 0 Å². The van der Waals surface area contributed by atoms with Crippen LogP contribution in [-0.2, 0) is 27.8 Å². The Morgan fingerprint density at radius 2 is 2.04 bits per heavy atom. The molecule has 9 heteroatoms. The van der Waals surface area contributed by atoms with Gasteiger partial charge in [0.05, 0.1) is 0 Å². The minimum Gasteiger partial charge on any atom is -0.301 e. The summed E-state index contributed by atoms with van der Waals surface area (Å²) in [6, 6.07) is 6.29. The van der Waals surface area contributed by atoms with Crippen LogP contribution in [0.4, 0.5) is 5.13 Å².